The van der Waals surface area contributed by atoms with E-state index < -0.39 is 0 Å². The van der Waals surface area contributed by atoms with Gasteiger partial charge in [0.25, 0.3) is 5.91 Å². The molecule has 0 spiro atoms. The highest BCUT2D eigenvalue weighted by Gasteiger charge is 2.29. The highest BCUT2D eigenvalue weighted by molar-refractivity contribution is 7.99. The molecule has 0 fully saturated rings. The highest BCUT2D eigenvalue weighted by atomic mass is 35.5. The van der Waals surface area contributed by atoms with Crippen LogP contribution in [0.5, 0.6) is 5.75 Å². The number of nitrogens with zero attached hydrogens (tertiary/aromatic N) is 4. The van der Waals surface area contributed by atoms with E-state index in [0.29, 0.717) is 21.8 Å². The summed E-state index contributed by atoms with van der Waals surface area (Å²) in [6.45, 7) is 0.413. The summed E-state index contributed by atoms with van der Waals surface area (Å²) in [4.78, 5) is 12.5. The summed E-state index contributed by atoms with van der Waals surface area (Å²) in [5, 5.41) is 11.0. The second kappa shape index (κ2) is 7.58. The van der Waals surface area contributed by atoms with Gasteiger partial charge in [-0.25, -0.2) is 14.1 Å². The van der Waals surface area contributed by atoms with Gasteiger partial charge in [-0.3, -0.25) is 4.79 Å². The fourth-order valence-electron chi connectivity index (χ4n) is 2.66. The van der Waals surface area contributed by atoms with Crippen LogP contribution in [0.25, 0.3) is 0 Å². The first-order valence-corrected chi connectivity index (χ1v) is 9.47. The van der Waals surface area contributed by atoms with Gasteiger partial charge in [-0.05, 0) is 35.9 Å². The number of amides is 1. The summed E-state index contributed by atoms with van der Waals surface area (Å²) in [6.07, 6.45) is 0. The zero-order valence-electron chi connectivity index (χ0n) is 14.0. The normalized spacial score (nSPS) is 13.6. The minimum absolute atomic E-state index is 0.0827. The second-order valence-corrected chi connectivity index (χ2v) is 7.20. The molecule has 27 heavy (non-hydrogen) atoms. The minimum atomic E-state index is -0.320. The molecule has 9 heteroatoms. The van der Waals surface area contributed by atoms with Crippen molar-refractivity contribution in [1.82, 2.24) is 14.9 Å². The van der Waals surface area contributed by atoms with Gasteiger partial charge in [0.2, 0.25) is 5.16 Å². The Bertz CT molecular complexity index is 980. The molecule has 6 nitrogen and oxygen atoms in total. The van der Waals surface area contributed by atoms with Gasteiger partial charge in [0.1, 0.15) is 18.2 Å². The molecule has 0 aliphatic carbocycles. The number of thioether (sulfide) groups is 1. The zero-order valence-corrected chi connectivity index (χ0v) is 15.6. The highest BCUT2D eigenvalue weighted by Crippen LogP contribution is 2.25. The van der Waals surface area contributed by atoms with E-state index in [4.69, 9.17) is 16.3 Å². The van der Waals surface area contributed by atoms with Gasteiger partial charge >= 0.3 is 0 Å². The smallest absolute Gasteiger partial charge is 0.252 e. The summed E-state index contributed by atoms with van der Waals surface area (Å²) in [6, 6.07) is 13.1. The number of ether oxygens (including phenoxy) is 1. The number of carbonyl (C=O) groups is 1. The van der Waals surface area contributed by atoms with E-state index in [0.717, 1.165) is 5.56 Å². The van der Waals surface area contributed by atoms with Gasteiger partial charge in [0.05, 0.1) is 12.3 Å². The molecule has 138 valence electrons. The van der Waals surface area contributed by atoms with Crippen LogP contribution in [0.2, 0.25) is 5.02 Å². The molecular formula is C18H14ClFN4O2S. The molecule has 0 saturated carbocycles. The van der Waals surface area contributed by atoms with E-state index in [1.807, 2.05) is 0 Å². The predicted molar refractivity (Wildman–Crippen MR) is 99.9 cm³/mol. The molecule has 1 aliphatic rings. The number of fused-ring (bicyclic) bond motifs is 1. The van der Waals surface area contributed by atoms with Crippen LogP contribution >= 0.6 is 23.4 Å². The first kappa shape index (κ1) is 17.8. The monoisotopic (exact) mass is 404 g/mol. The van der Waals surface area contributed by atoms with Crippen molar-refractivity contribution in [2.75, 3.05) is 10.8 Å². The average molecular weight is 405 g/mol. The van der Waals surface area contributed by atoms with Gasteiger partial charge < -0.3 is 4.74 Å². The Morgan fingerprint density at radius 2 is 2.00 bits per heavy atom. The van der Waals surface area contributed by atoms with E-state index in [9.17, 15) is 9.18 Å². The van der Waals surface area contributed by atoms with Gasteiger partial charge in [-0.1, -0.05) is 41.6 Å². The number of rotatable bonds is 5. The van der Waals surface area contributed by atoms with Crippen LogP contribution in [0.1, 0.15) is 11.4 Å². The molecule has 3 aromatic rings. The molecule has 2 aromatic carbocycles. The summed E-state index contributed by atoms with van der Waals surface area (Å²) in [5.74, 6) is 0.960. The van der Waals surface area contributed by atoms with E-state index in [1.54, 1.807) is 46.1 Å². The van der Waals surface area contributed by atoms with Crippen molar-refractivity contribution < 1.29 is 13.9 Å². The van der Waals surface area contributed by atoms with Crippen molar-refractivity contribution >= 4 is 29.3 Å². The molecule has 0 radical (unpaired) electrons. The second-order valence-electron chi connectivity index (χ2n) is 5.82. The lowest BCUT2D eigenvalue weighted by atomic mass is 10.2. The standard InChI is InChI=1S/C18H14ClFN4O2S/c19-13-2-1-3-15(8-13)26-10-16-21-22-18-24(16)23(17(25)11-27-18)9-12-4-6-14(20)7-5-12/h1-8H,9-11H2. The number of hydrogen-bond acceptors (Lipinski definition) is 5. The largest absolute Gasteiger partial charge is 0.485 e. The van der Waals surface area contributed by atoms with E-state index in [-0.39, 0.29) is 30.6 Å². The summed E-state index contributed by atoms with van der Waals surface area (Å²) >= 11 is 7.29. The Kier molecular flexibility index (Phi) is 5.00. The Balaban J connectivity index is 1.58. The van der Waals surface area contributed by atoms with Crippen LogP contribution in [0, 0.1) is 5.82 Å². The number of benzene rings is 2. The molecule has 4 rings (SSSR count). The van der Waals surface area contributed by atoms with E-state index in [1.165, 1.54) is 23.9 Å². The molecule has 1 aliphatic heterocycles. The Morgan fingerprint density at radius 1 is 1.19 bits per heavy atom. The van der Waals surface area contributed by atoms with Crippen molar-refractivity contribution in [2.24, 2.45) is 0 Å². The SMILES string of the molecule is O=C1CSc2nnc(COc3cccc(Cl)c3)n2N1Cc1ccc(F)cc1. The Hall–Kier alpha value is -2.58. The number of halogens is 2. The molecule has 0 unspecified atom stereocenters. The molecular weight excluding hydrogens is 391 g/mol. The van der Waals surface area contributed by atoms with Crippen LogP contribution in [0.4, 0.5) is 4.39 Å². The van der Waals surface area contributed by atoms with Crippen LogP contribution in [-0.4, -0.2) is 26.5 Å². The number of carbonyl (C=O) groups excluding carboxylic acids is 1. The van der Waals surface area contributed by atoms with E-state index in [2.05, 4.69) is 10.2 Å². The van der Waals surface area contributed by atoms with Crippen molar-refractivity contribution in [3.63, 3.8) is 0 Å². The third kappa shape index (κ3) is 3.91. The topological polar surface area (TPSA) is 60.2 Å². The fourth-order valence-corrected chi connectivity index (χ4v) is 3.66. The molecule has 1 aromatic heterocycles. The molecule has 0 N–H and O–H groups in total. The Labute approximate surface area is 163 Å². The van der Waals surface area contributed by atoms with Gasteiger partial charge in [0.15, 0.2) is 5.82 Å². The van der Waals surface area contributed by atoms with Crippen molar-refractivity contribution in [3.8, 4) is 5.75 Å². The van der Waals surface area contributed by atoms with Crippen molar-refractivity contribution in [1.29, 1.82) is 0 Å². The van der Waals surface area contributed by atoms with Crippen molar-refractivity contribution in [3.05, 3.63) is 70.8 Å². The lowest BCUT2D eigenvalue weighted by Gasteiger charge is -2.29. The average Bonchev–Trinajstić information content (AvgIpc) is 3.07. The lowest BCUT2D eigenvalue weighted by molar-refractivity contribution is -0.118. The fraction of sp³-hybridized carbons (Fsp3) is 0.167. The first-order chi connectivity index (χ1) is 13.1. The lowest BCUT2D eigenvalue weighted by Crippen LogP contribution is -2.45. The maximum absolute atomic E-state index is 13.2. The molecule has 0 saturated heterocycles. The van der Waals surface area contributed by atoms with Gasteiger partial charge in [-0.15, -0.1) is 10.2 Å². The summed E-state index contributed by atoms with van der Waals surface area (Å²) in [5.41, 5.74) is 0.804. The molecule has 0 atom stereocenters. The Morgan fingerprint density at radius 3 is 2.78 bits per heavy atom. The third-order valence-electron chi connectivity index (χ3n) is 3.94. The number of aromatic nitrogens is 3. The van der Waals surface area contributed by atoms with Crippen LogP contribution in [0.3, 0.4) is 0 Å². The molecule has 0 bridgehead atoms. The quantitative estimate of drug-likeness (QED) is 0.652. The van der Waals surface area contributed by atoms with E-state index >= 15 is 0 Å². The predicted octanol–water partition coefficient (Wildman–Crippen LogP) is 3.42. The first-order valence-electron chi connectivity index (χ1n) is 8.11. The molecule has 2 heterocycles. The molecule has 1 amide bonds. The summed E-state index contributed by atoms with van der Waals surface area (Å²) in [7, 11) is 0. The minimum Gasteiger partial charge on any atom is -0.485 e. The third-order valence-corrected chi connectivity index (χ3v) is 5.08. The van der Waals surface area contributed by atoms with Crippen molar-refractivity contribution in [2.45, 2.75) is 18.3 Å². The maximum Gasteiger partial charge on any atom is 0.252 e. The maximum atomic E-state index is 13.2. The van der Waals surface area contributed by atoms with Gasteiger partial charge in [-0.2, -0.15) is 0 Å². The van der Waals surface area contributed by atoms with Crippen LogP contribution in [-0.2, 0) is 17.9 Å². The van der Waals surface area contributed by atoms with Gasteiger partial charge in [0, 0.05) is 5.02 Å². The van der Waals surface area contributed by atoms with Crippen LogP contribution < -0.4 is 9.75 Å². The summed E-state index contributed by atoms with van der Waals surface area (Å²) < 4.78 is 20.5. The van der Waals surface area contributed by atoms with Crippen LogP contribution in [0.15, 0.2) is 53.7 Å². The zero-order chi connectivity index (χ0) is 18.8. The number of hydrogen-bond donors (Lipinski definition) is 0.